The summed E-state index contributed by atoms with van der Waals surface area (Å²) in [6, 6.07) is 35.3. The molecule has 6 aromatic rings. The zero-order chi connectivity index (χ0) is 46.3. The summed E-state index contributed by atoms with van der Waals surface area (Å²) >= 11 is 7.79. The molecule has 1 aliphatic heterocycles. The van der Waals surface area contributed by atoms with Crippen molar-refractivity contribution in [3.63, 3.8) is 0 Å². The highest BCUT2D eigenvalue weighted by atomic mass is 35.5. The van der Waals surface area contributed by atoms with E-state index in [0.29, 0.717) is 66.0 Å². The fourth-order valence-corrected chi connectivity index (χ4v) is 10.0. The van der Waals surface area contributed by atoms with Crippen LogP contribution >= 0.6 is 23.4 Å². The number of nitro groups is 1. The van der Waals surface area contributed by atoms with E-state index in [-0.39, 0.29) is 27.9 Å². The number of carbonyl (C=O) groups excluding carboxylic acids is 1. The second-order valence-corrected chi connectivity index (χ2v) is 20.7. The predicted octanol–water partition coefficient (Wildman–Crippen LogP) is 6.86. The maximum Gasteiger partial charge on any atom is 0.293 e. The van der Waals surface area contributed by atoms with E-state index >= 15 is 0 Å². The van der Waals surface area contributed by atoms with Gasteiger partial charge in [0.1, 0.15) is 11.3 Å². The summed E-state index contributed by atoms with van der Waals surface area (Å²) in [5.41, 5.74) is 3.97. The molecule has 340 valence electrons. The van der Waals surface area contributed by atoms with Crippen LogP contribution in [0.5, 0.6) is 0 Å². The van der Waals surface area contributed by atoms with Gasteiger partial charge in [0.2, 0.25) is 15.7 Å². The third-order valence-electron chi connectivity index (χ3n) is 10.6. The number of amides is 1. The molecule has 0 bridgehead atoms. The Labute approximate surface area is 387 Å². The standard InChI is InChI=1S/C45H48ClN9O7S3/c1-51(2)23-22-35(31-63-39-10-5-4-6-11-39)48-42-21-20-40(29-43(42)55(57)58)65(61,62)49-34-14-18-36(19-15-34)52-24-26-53(27-25-52)38-9-7-8-32(28-38)44-41(45(56)50-64(3,59)60)30-47-54(44)37-16-12-33(46)13-17-37/h4-21,28-30,35,48-49H,22-27,31H2,1-3H3,(H,50,56)/p+1/t35-/m1/s1. The van der Waals surface area contributed by atoms with Gasteiger partial charge < -0.3 is 20.0 Å². The molecule has 5 aromatic carbocycles. The Kier molecular flexibility index (Phi) is 14.7. The number of aromatic amines is 1. The van der Waals surface area contributed by atoms with Crippen molar-refractivity contribution < 1.29 is 31.2 Å². The van der Waals surface area contributed by atoms with E-state index in [0.717, 1.165) is 35.1 Å². The Morgan fingerprint density at radius 1 is 0.877 bits per heavy atom. The van der Waals surface area contributed by atoms with Crippen LogP contribution in [-0.2, 0) is 20.0 Å². The molecule has 0 spiro atoms. The summed E-state index contributed by atoms with van der Waals surface area (Å²) in [6.07, 6.45) is 3.10. The minimum Gasteiger partial charge on any atom is -0.376 e. The molecular weight excluding hydrogens is 910 g/mol. The molecule has 2 heterocycles. The normalized spacial score (nSPS) is 13.7. The lowest BCUT2D eigenvalue weighted by molar-refractivity contribution is -0.644. The monoisotopic (exact) mass is 958 g/mol. The summed E-state index contributed by atoms with van der Waals surface area (Å²) in [4.78, 5) is 32.2. The number of nitro benzene ring substituents is 1. The fourth-order valence-electron chi connectivity index (χ4n) is 7.38. The van der Waals surface area contributed by atoms with Gasteiger partial charge in [-0.3, -0.25) is 19.6 Å². The number of aromatic nitrogens is 2. The van der Waals surface area contributed by atoms with E-state index in [2.05, 4.69) is 29.7 Å². The maximum atomic E-state index is 13.6. The third-order valence-corrected chi connectivity index (χ3v) is 14.0. The van der Waals surface area contributed by atoms with Crippen molar-refractivity contribution in [1.29, 1.82) is 0 Å². The average molecular weight is 960 g/mol. The Bertz CT molecular complexity index is 2860. The second-order valence-electron chi connectivity index (χ2n) is 15.7. The van der Waals surface area contributed by atoms with Crippen LogP contribution in [-0.4, -0.2) is 103 Å². The minimum atomic E-state index is -4.18. The molecule has 20 heteroatoms. The number of piperazine rings is 1. The van der Waals surface area contributed by atoms with Crippen LogP contribution < -0.4 is 29.2 Å². The van der Waals surface area contributed by atoms with Gasteiger partial charge in [0, 0.05) is 83.2 Å². The Balaban J connectivity index is 1.01. The molecule has 0 radical (unpaired) electrons. The van der Waals surface area contributed by atoms with Crippen LogP contribution in [0.4, 0.5) is 28.4 Å². The fraction of sp³-hybridized carbons (Fsp3) is 0.244. The second kappa shape index (κ2) is 20.4. The van der Waals surface area contributed by atoms with E-state index < -0.39 is 30.9 Å². The van der Waals surface area contributed by atoms with Crippen LogP contribution in [0.15, 0.2) is 137 Å². The van der Waals surface area contributed by atoms with Gasteiger partial charge in [-0.15, -0.1) is 11.8 Å². The first-order valence-electron chi connectivity index (χ1n) is 20.6. The zero-order valence-corrected chi connectivity index (χ0v) is 39.1. The van der Waals surface area contributed by atoms with E-state index in [4.69, 9.17) is 11.6 Å². The van der Waals surface area contributed by atoms with Crippen LogP contribution in [0.25, 0.3) is 16.9 Å². The molecule has 1 saturated heterocycles. The largest absolute Gasteiger partial charge is 0.376 e. The summed E-state index contributed by atoms with van der Waals surface area (Å²) in [6.45, 7) is 3.35. The zero-order valence-electron chi connectivity index (χ0n) is 35.8. The molecule has 1 atom stereocenters. The van der Waals surface area contributed by atoms with E-state index in [1.54, 1.807) is 52.8 Å². The first kappa shape index (κ1) is 46.9. The summed E-state index contributed by atoms with van der Waals surface area (Å²) < 4.78 is 57.5. The number of hydrogen-bond acceptors (Lipinski definition) is 12. The summed E-state index contributed by atoms with van der Waals surface area (Å²) in [7, 11) is -4.09. The van der Waals surface area contributed by atoms with Gasteiger partial charge in [-0.25, -0.2) is 21.6 Å². The summed E-state index contributed by atoms with van der Waals surface area (Å²) in [5, 5.41) is 19.2. The Hall–Kier alpha value is -6.12. The molecule has 1 aromatic heterocycles. The number of rotatable bonds is 18. The first-order valence-corrected chi connectivity index (χ1v) is 25.3. The quantitative estimate of drug-likeness (QED) is 0.0303. The topological polar surface area (TPSA) is 194 Å². The molecule has 1 aliphatic rings. The number of nitrogens with zero attached hydrogens (tertiary/aromatic N) is 5. The molecule has 16 nitrogen and oxygen atoms in total. The molecule has 1 amide bonds. The van der Waals surface area contributed by atoms with Crippen LogP contribution in [0.2, 0.25) is 5.02 Å². The lowest BCUT2D eigenvalue weighted by Gasteiger charge is -2.37. The van der Waals surface area contributed by atoms with Gasteiger partial charge in [-0.2, -0.15) is 5.10 Å². The van der Waals surface area contributed by atoms with E-state index in [1.165, 1.54) is 18.3 Å². The minimum absolute atomic E-state index is 0.125. The van der Waals surface area contributed by atoms with Crippen molar-refractivity contribution in [3.8, 4) is 16.9 Å². The average Bonchev–Trinajstić information content (AvgIpc) is 3.73. The summed E-state index contributed by atoms with van der Waals surface area (Å²) in [5.74, 6) is -0.123. The van der Waals surface area contributed by atoms with Crippen molar-refractivity contribution >= 4 is 77.8 Å². The number of halogens is 1. The van der Waals surface area contributed by atoms with Crippen molar-refractivity contribution in [1.82, 2.24) is 14.7 Å². The molecular formula is C45H49ClN9O7S3+. The SMILES string of the molecule is CN(C)CC[C@H](CSc1ccccc1)Nc1ccc(S(=O)(=O)Nc2ccc(N3CCN(c4cccc(-c5c(C(=O)NS(C)(=O)=O)c[nH][n+]5-c5ccc(Cl)cc5)c4)CC3)cc2)cc1[N+](=O)[O-]. The number of hydrogen-bond donors (Lipinski definition) is 4. The molecule has 65 heavy (non-hydrogen) atoms. The first-order chi connectivity index (χ1) is 31.0. The van der Waals surface area contributed by atoms with Gasteiger partial charge in [-0.1, -0.05) is 40.5 Å². The number of sulfonamides is 2. The predicted molar refractivity (Wildman–Crippen MR) is 258 cm³/mol. The molecule has 7 rings (SSSR count). The molecule has 0 unspecified atom stereocenters. The van der Waals surface area contributed by atoms with Crippen LogP contribution in [0, 0.1) is 10.1 Å². The van der Waals surface area contributed by atoms with Crippen molar-refractivity contribution in [3.05, 3.63) is 148 Å². The van der Waals surface area contributed by atoms with Gasteiger partial charge in [0.25, 0.3) is 27.3 Å². The number of benzene rings is 5. The van der Waals surface area contributed by atoms with Crippen LogP contribution in [0.3, 0.4) is 0 Å². The lowest BCUT2D eigenvalue weighted by atomic mass is 10.1. The van der Waals surface area contributed by atoms with Crippen molar-refractivity contribution in [2.24, 2.45) is 0 Å². The van der Waals surface area contributed by atoms with Gasteiger partial charge >= 0.3 is 0 Å². The van der Waals surface area contributed by atoms with Crippen LogP contribution in [0.1, 0.15) is 16.8 Å². The molecule has 0 aliphatic carbocycles. The highest BCUT2D eigenvalue weighted by Gasteiger charge is 2.30. The number of carbonyl (C=O) groups is 1. The molecule has 4 N–H and O–H groups in total. The van der Waals surface area contributed by atoms with Gasteiger partial charge in [0.05, 0.1) is 27.8 Å². The van der Waals surface area contributed by atoms with Gasteiger partial charge in [-0.05, 0) is 106 Å². The van der Waals surface area contributed by atoms with Crippen molar-refractivity contribution in [2.75, 3.05) is 78.7 Å². The number of anilines is 4. The smallest absolute Gasteiger partial charge is 0.293 e. The highest BCUT2D eigenvalue weighted by Crippen LogP contribution is 2.32. The number of nitrogens with one attached hydrogen (secondary N) is 4. The van der Waals surface area contributed by atoms with E-state index in [9.17, 15) is 31.7 Å². The number of thioether (sulfide) groups is 1. The lowest BCUT2D eigenvalue weighted by Crippen LogP contribution is -2.46. The molecule has 1 fully saturated rings. The number of H-pyrrole nitrogens is 1. The third kappa shape index (κ3) is 12.2. The van der Waals surface area contributed by atoms with Crippen molar-refractivity contribution in [2.45, 2.75) is 22.3 Å². The highest BCUT2D eigenvalue weighted by molar-refractivity contribution is 7.99. The van der Waals surface area contributed by atoms with Gasteiger partial charge in [0.15, 0.2) is 0 Å². The van der Waals surface area contributed by atoms with E-state index in [1.807, 2.05) is 85.7 Å². The maximum absolute atomic E-state index is 13.6. The molecule has 0 saturated carbocycles. The Morgan fingerprint density at radius 2 is 1.55 bits per heavy atom. The Morgan fingerprint density at radius 3 is 2.20 bits per heavy atom.